The molecule has 0 aliphatic carbocycles. The zero-order chi connectivity index (χ0) is 49.9. The van der Waals surface area contributed by atoms with Gasteiger partial charge < -0.3 is 28.4 Å². The molecule has 0 radical (unpaired) electrons. The molecule has 0 fully saturated rings. The van der Waals surface area contributed by atoms with Crippen molar-refractivity contribution in [2.24, 2.45) is 0 Å². The molecule has 0 N–H and O–H groups in total. The van der Waals surface area contributed by atoms with Crippen LogP contribution in [0.4, 0.5) is 0 Å². The lowest BCUT2D eigenvalue weighted by Crippen LogP contribution is -2.11. The summed E-state index contributed by atoms with van der Waals surface area (Å²) < 4.78 is 34.1. The summed E-state index contributed by atoms with van der Waals surface area (Å²) in [6, 6.07) is 36.2. The Balaban J connectivity index is 0.898. The Morgan fingerprint density at radius 3 is 1.13 bits per heavy atom. The Morgan fingerprint density at radius 1 is 0.352 bits per heavy atom. The molecule has 372 valence electrons. The van der Waals surface area contributed by atoms with Crippen LogP contribution in [0, 0.1) is 0 Å². The van der Waals surface area contributed by atoms with Crippen LogP contribution < -0.4 is 28.4 Å². The number of rotatable bonds is 31. The molecule has 0 saturated carbocycles. The molecular weight excluding hydrogens is 893 g/mol. The summed E-state index contributed by atoms with van der Waals surface area (Å²) in [6.45, 7) is 7.29. The summed E-state index contributed by atoms with van der Waals surface area (Å²) in [4.78, 5) is 52.0. The third-order valence-corrected chi connectivity index (χ3v) is 12.1. The van der Waals surface area contributed by atoms with E-state index in [1.165, 1.54) is 132 Å². The Bertz CT molecular complexity index is 2580. The molecule has 0 bridgehead atoms. The third-order valence-electron chi connectivity index (χ3n) is 12.1. The standard InChI is InChI=1S/C61H68O10/c1-3-5-7-9-11-13-15-17-19-20-42-66-52-31-25-47(26-32-52)58(62)68-54-33-29-49(30-34-54)60(64)71-57-37-24-46-22-23-50(44-51(46)45-57)61(65)70-55-35-27-48(28-36-55)59(63)69-56-40-38-53(39-41-56)67-43-21-18-16-14-12-10-8-6-4-2/h4,22-41,44-45H,2-3,5-21,42-43H2,1H3. The normalized spacial score (nSPS) is 10.9. The number of allylic oxidation sites excluding steroid dienone is 1. The van der Waals surface area contributed by atoms with Crippen LogP contribution in [0.5, 0.6) is 34.5 Å². The average Bonchev–Trinajstić information content (AvgIpc) is 3.39. The van der Waals surface area contributed by atoms with E-state index >= 15 is 0 Å². The van der Waals surface area contributed by atoms with Crippen molar-refractivity contribution in [3.63, 3.8) is 0 Å². The highest BCUT2D eigenvalue weighted by atomic mass is 16.5. The van der Waals surface area contributed by atoms with Crippen LogP contribution in [0.1, 0.15) is 164 Å². The molecule has 0 amide bonds. The predicted octanol–water partition coefficient (Wildman–Crippen LogP) is 15.7. The van der Waals surface area contributed by atoms with Gasteiger partial charge in [0.25, 0.3) is 0 Å². The second kappa shape index (κ2) is 29.7. The van der Waals surface area contributed by atoms with Crippen LogP contribution in [0.25, 0.3) is 10.8 Å². The third kappa shape index (κ3) is 18.6. The predicted molar refractivity (Wildman–Crippen MR) is 280 cm³/mol. The number of benzene rings is 6. The smallest absolute Gasteiger partial charge is 0.343 e. The summed E-state index contributed by atoms with van der Waals surface area (Å²) in [5.74, 6) is 0.297. The summed E-state index contributed by atoms with van der Waals surface area (Å²) in [5, 5.41) is 1.46. The molecule has 0 heterocycles. The van der Waals surface area contributed by atoms with Crippen LogP contribution in [-0.4, -0.2) is 37.1 Å². The van der Waals surface area contributed by atoms with Gasteiger partial charge in [0.15, 0.2) is 0 Å². The van der Waals surface area contributed by atoms with Crippen molar-refractivity contribution < 1.29 is 47.6 Å². The molecule has 0 atom stereocenters. The van der Waals surface area contributed by atoms with Crippen LogP contribution >= 0.6 is 0 Å². The van der Waals surface area contributed by atoms with Gasteiger partial charge in [-0.15, -0.1) is 6.58 Å². The van der Waals surface area contributed by atoms with Crippen LogP contribution in [0.2, 0.25) is 0 Å². The molecule has 6 rings (SSSR count). The summed E-state index contributed by atoms with van der Waals surface area (Å²) in [6.07, 6.45) is 24.0. The quantitative estimate of drug-likeness (QED) is 0.0180. The van der Waals surface area contributed by atoms with Gasteiger partial charge in [-0.2, -0.15) is 0 Å². The van der Waals surface area contributed by atoms with Crippen molar-refractivity contribution in [2.75, 3.05) is 13.2 Å². The topological polar surface area (TPSA) is 124 Å². The second-order valence-corrected chi connectivity index (χ2v) is 17.8. The number of esters is 4. The van der Waals surface area contributed by atoms with E-state index in [1.54, 1.807) is 84.9 Å². The number of hydrogen-bond acceptors (Lipinski definition) is 10. The molecule has 0 spiro atoms. The minimum atomic E-state index is -0.612. The van der Waals surface area contributed by atoms with Gasteiger partial charge >= 0.3 is 23.9 Å². The molecule has 0 aliphatic heterocycles. The molecule has 6 aromatic rings. The van der Waals surface area contributed by atoms with Crippen molar-refractivity contribution in [1.82, 2.24) is 0 Å². The van der Waals surface area contributed by atoms with Gasteiger partial charge in [0, 0.05) is 0 Å². The lowest BCUT2D eigenvalue weighted by molar-refractivity contribution is 0.0719. The van der Waals surface area contributed by atoms with Gasteiger partial charge in [-0.3, -0.25) is 0 Å². The lowest BCUT2D eigenvalue weighted by atomic mass is 10.1. The van der Waals surface area contributed by atoms with Crippen LogP contribution in [0.3, 0.4) is 0 Å². The van der Waals surface area contributed by atoms with Crippen molar-refractivity contribution in [1.29, 1.82) is 0 Å². The first kappa shape index (κ1) is 53.2. The maximum absolute atomic E-state index is 13.2. The monoisotopic (exact) mass is 960 g/mol. The highest BCUT2D eigenvalue weighted by Gasteiger charge is 2.16. The van der Waals surface area contributed by atoms with E-state index in [0.29, 0.717) is 35.7 Å². The second-order valence-electron chi connectivity index (χ2n) is 17.8. The first-order valence-electron chi connectivity index (χ1n) is 25.5. The Hall–Kier alpha value is -7.20. The zero-order valence-corrected chi connectivity index (χ0v) is 41.2. The van der Waals surface area contributed by atoms with E-state index in [2.05, 4.69) is 13.5 Å². The SMILES string of the molecule is C=CCCCCCCCCCOc1ccc(OC(=O)c2ccc(OC(=O)c3ccc4ccc(OC(=O)c5ccc(OC(=O)c6ccc(OCCCCCCCCCCCC)cc6)cc5)cc4c3)cc2)cc1. The average molecular weight is 961 g/mol. The molecule has 0 aliphatic rings. The molecule has 0 saturated heterocycles. The molecule has 10 heteroatoms. The highest BCUT2D eigenvalue weighted by molar-refractivity contribution is 5.98. The summed E-state index contributed by atoms with van der Waals surface area (Å²) in [5.41, 5.74) is 1.19. The van der Waals surface area contributed by atoms with Crippen molar-refractivity contribution in [2.45, 2.75) is 122 Å². The number of carbonyl (C=O) groups is 4. The molecule has 10 nitrogen and oxygen atoms in total. The largest absolute Gasteiger partial charge is 0.494 e. The van der Waals surface area contributed by atoms with Crippen molar-refractivity contribution in [3.8, 4) is 34.5 Å². The van der Waals surface area contributed by atoms with Crippen molar-refractivity contribution in [3.05, 3.63) is 168 Å². The fraction of sp³-hybridized carbons (Fsp3) is 0.344. The molecule has 6 aromatic carbocycles. The number of fused-ring (bicyclic) bond motifs is 1. The Kier molecular flexibility index (Phi) is 22.3. The first-order valence-corrected chi connectivity index (χ1v) is 25.5. The molecule has 0 aromatic heterocycles. The van der Waals surface area contributed by atoms with E-state index in [0.717, 1.165) is 43.2 Å². The van der Waals surface area contributed by atoms with Gasteiger partial charge in [0.05, 0.1) is 35.5 Å². The molecule has 0 unspecified atom stereocenters. The fourth-order valence-electron chi connectivity index (χ4n) is 7.93. The highest BCUT2D eigenvalue weighted by Crippen LogP contribution is 2.26. The zero-order valence-electron chi connectivity index (χ0n) is 41.2. The summed E-state index contributed by atoms with van der Waals surface area (Å²) >= 11 is 0. The minimum absolute atomic E-state index is 0.245. The maximum atomic E-state index is 13.2. The van der Waals surface area contributed by atoms with Gasteiger partial charge in [-0.1, -0.05) is 115 Å². The molecular formula is C61H68O10. The number of hydrogen-bond donors (Lipinski definition) is 0. The number of unbranched alkanes of at least 4 members (excludes halogenated alkanes) is 16. The Morgan fingerprint density at radius 2 is 0.676 bits per heavy atom. The van der Waals surface area contributed by atoms with E-state index in [4.69, 9.17) is 28.4 Å². The van der Waals surface area contributed by atoms with Gasteiger partial charge in [0.2, 0.25) is 0 Å². The van der Waals surface area contributed by atoms with E-state index in [-0.39, 0.29) is 33.9 Å². The van der Waals surface area contributed by atoms with Gasteiger partial charge in [0.1, 0.15) is 34.5 Å². The number of carbonyl (C=O) groups excluding carboxylic acids is 4. The Labute approximate surface area is 419 Å². The van der Waals surface area contributed by atoms with E-state index in [9.17, 15) is 19.2 Å². The van der Waals surface area contributed by atoms with Crippen molar-refractivity contribution >= 4 is 34.6 Å². The lowest BCUT2D eigenvalue weighted by Gasteiger charge is -2.09. The number of ether oxygens (including phenoxy) is 6. The van der Waals surface area contributed by atoms with Gasteiger partial charge in [-0.05, 0) is 158 Å². The van der Waals surface area contributed by atoms with Gasteiger partial charge in [-0.25, -0.2) is 19.2 Å². The summed E-state index contributed by atoms with van der Waals surface area (Å²) in [7, 11) is 0. The first-order chi connectivity index (χ1) is 34.8. The fourth-order valence-corrected chi connectivity index (χ4v) is 7.93. The van der Waals surface area contributed by atoms with E-state index < -0.39 is 23.9 Å². The minimum Gasteiger partial charge on any atom is -0.494 e. The maximum Gasteiger partial charge on any atom is 0.343 e. The van der Waals surface area contributed by atoms with E-state index in [1.807, 2.05) is 6.08 Å². The molecule has 71 heavy (non-hydrogen) atoms. The van der Waals surface area contributed by atoms with Crippen LogP contribution in [-0.2, 0) is 0 Å². The van der Waals surface area contributed by atoms with Crippen LogP contribution in [0.15, 0.2) is 146 Å².